The number of nitrogens with one attached hydrogen (secondary N) is 1. The molecule has 1 aromatic carbocycles. The number of nitrogens with zero attached hydrogens (tertiary/aromatic N) is 2. The highest BCUT2D eigenvalue weighted by atomic mass is 16.5. The lowest BCUT2D eigenvalue weighted by molar-refractivity contribution is -0.110. The van der Waals surface area contributed by atoms with Crippen molar-refractivity contribution in [3.05, 3.63) is 34.2 Å². The minimum atomic E-state index is 0.0492. The molecule has 1 spiro atoms. The molecule has 1 N–H and O–H groups in total. The highest BCUT2D eigenvalue weighted by Gasteiger charge is 2.39. The summed E-state index contributed by atoms with van der Waals surface area (Å²) in [5.41, 5.74) is 3.50. The van der Waals surface area contributed by atoms with Crippen LogP contribution in [0.5, 0.6) is 0 Å². The summed E-state index contributed by atoms with van der Waals surface area (Å²) in [5, 5.41) is 0. The van der Waals surface area contributed by atoms with Gasteiger partial charge in [0.15, 0.2) is 0 Å². The first-order valence-electron chi connectivity index (χ1n) is 11.2. The van der Waals surface area contributed by atoms with Crippen LogP contribution >= 0.6 is 0 Å². The van der Waals surface area contributed by atoms with E-state index in [0.717, 1.165) is 43.6 Å². The third-order valence-electron chi connectivity index (χ3n) is 7.56. The second kappa shape index (κ2) is 7.34. The number of benzene rings is 1. The summed E-state index contributed by atoms with van der Waals surface area (Å²) in [6.07, 6.45) is 11.0. The van der Waals surface area contributed by atoms with Crippen molar-refractivity contribution < 1.29 is 4.74 Å². The van der Waals surface area contributed by atoms with Gasteiger partial charge < -0.3 is 14.6 Å². The van der Waals surface area contributed by atoms with Gasteiger partial charge in [0.05, 0.1) is 16.6 Å². The molecule has 0 atom stereocenters. The predicted octanol–water partition coefficient (Wildman–Crippen LogP) is 4.16. The minimum Gasteiger partial charge on any atom is -0.375 e. The molecule has 3 heterocycles. The van der Waals surface area contributed by atoms with Crippen LogP contribution < -0.4 is 5.69 Å². The van der Waals surface area contributed by atoms with E-state index in [0.29, 0.717) is 12.1 Å². The number of aromatic nitrogens is 2. The number of likely N-dealkylation sites (tertiary alicyclic amines) is 1. The van der Waals surface area contributed by atoms with Crippen LogP contribution in [0.4, 0.5) is 0 Å². The highest BCUT2D eigenvalue weighted by molar-refractivity contribution is 5.76. The van der Waals surface area contributed by atoms with Crippen molar-refractivity contribution >= 4 is 11.0 Å². The molecule has 3 aliphatic rings. The largest absolute Gasteiger partial charge is 0.375 e. The topological polar surface area (TPSA) is 50.3 Å². The molecule has 5 heteroatoms. The number of imidazole rings is 1. The minimum absolute atomic E-state index is 0.0492. The van der Waals surface area contributed by atoms with Gasteiger partial charge in [-0.3, -0.25) is 4.57 Å². The first kappa shape index (κ1) is 18.4. The summed E-state index contributed by atoms with van der Waals surface area (Å²) in [6, 6.07) is 7.26. The molecule has 1 aromatic heterocycles. The van der Waals surface area contributed by atoms with E-state index in [1.807, 2.05) is 10.6 Å². The van der Waals surface area contributed by atoms with E-state index in [1.165, 1.54) is 50.5 Å². The van der Waals surface area contributed by atoms with E-state index in [9.17, 15) is 4.79 Å². The SMILES string of the molecule is Cc1ccc2[nH]c(=O)n(C3CCN([C@H]4CC[C@@]5(CCCCO5)CC4)CC3)c2c1. The normalized spacial score (nSPS) is 30.2. The van der Waals surface area contributed by atoms with Gasteiger partial charge in [-0.05, 0) is 82.4 Å². The maximum absolute atomic E-state index is 12.6. The number of ether oxygens (including phenoxy) is 1. The Bertz CT molecular complexity index is 875. The van der Waals surface area contributed by atoms with E-state index in [1.54, 1.807) is 0 Å². The van der Waals surface area contributed by atoms with Crippen LogP contribution in [-0.2, 0) is 4.74 Å². The molecule has 2 aromatic rings. The molecule has 3 fully saturated rings. The van der Waals surface area contributed by atoms with Gasteiger partial charge in [-0.2, -0.15) is 0 Å². The number of fused-ring (bicyclic) bond motifs is 1. The Hall–Kier alpha value is -1.59. The van der Waals surface area contributed by atoms with Crippen molar-refractivity contribution in [3.63, 3.8) is 0 Å². The van der Waals surface area contributed by atoms with Crippen molar-refractivity contribution in [2.24, 2.45) is 0 Å². The molecule has 152 valence electrons. The Morgan fingerprint density at radius 2 is 1.82 bits per heavy atom. The van der Waals surface area contributed by atoms with Gasteiger partial charge in [-0.15, -0.1) is 0 Å². The quantitative estimate of drug-likeness (QED) is 0.847. The Balaban J connectivity index is 1.23. The molecule has 0 radical (unpaired) electrons. The number of aromatic amines is 1. The molecule has 0 bridgehead atoms. The summed E-state index contributed by atoms with van der Waals surface area (Å²) in [6.45, 7) is 5.27. The molecular formula is C23H33N3O2. The monoisotopic (exact) mass is 383 g/mol. The summed E-state index contributed by atoms with van der Waals surface area (Å²) in [7, 11) is 0. The van der Waals surface area contributed by atoms with Crippen LogP contribution in [-0.4, -0.2) is 45.8 Å². The molecule has 0 amide bonds. The number of hydrogen-bond acceptors (Lipinski definition) is 3. The molecule has 1 aliphatic carbocycles. The Morgan fingerprint density at radius 3 is 2.54 bits per heavy atom. The smallest absolute Gasteiger partial charge is 0.326 e. The lowest BCUT2D eigenvalue weighted by atomic mass is 9.77. The number of H-pyrrole nitrogens is 1. The first-order chi connectivity index (χ1) is 13.6. The average molecular weight is 384 g/mol. The molecule has 1 saturated carbocycles. The Labute approximate surface area is 167 Å². The van der Waals surface area contributed by atoms with Crippen molar-refractivity contribution in [3.8, 4) is 0 Å². The molecular weight excluding hydrogens is 350 g/mol. The maximum atomic E-state index is 12.6. The molecule has 2 saturated heterocycles. The lowest BCUT2D eigenvalue weighted by Gasteiger charge is -2.46. The molecule has 5 rings (SSSR count). The van der Waals surface area contributed by atoms with Crippen molar-refractivity contribution in [1.29, 1.82) is 0 Å². The summed E-state index contributed by atoms with van der Waals surface area (Å²) in [4.78, 5) is 18.3. The van der Waals surface area contributed by atoms with E-state index in [-0.39, 0.29) is 11.3 Å². The Morgan fingerprint density at radius 1 is 1.04 bits per heavy atom. The zero-order valence-electron chi connectivity index (χ0n) is 17.1. The maximum Gasteiger partial charge on any atom is 0.326 e. The van der Waals surface area contributed by atoms with Crippen LogP contribution in [0.25, 0.3) is 11.0 Å². The number of rotatable bonds is 2. The van der Waals surface area contributed by atoms with Gasteiger partial charge in [-0.25, -0.2) is 4.79 Å². The standard InChI is InChI=1S/C23H33N3O2/c1-17-4-5-20-21(16-17)26(22(27)24-20)19-8-13-25(14-9-19)18-6-11-23(12-7-18)10-2-3-15-28-23/h4-5,16,18-19H,2-3,6-15H2,1H3,(H,24,27)/t18-,23-. The average Bonchev–Trinajstić information content (AvgIpc) is 3.04. The fraction of sp³-hybridized carbons (Fsp3) is 0.696. The van der Waals surface area contributed by atoms with E-state index >= 15 is 0 Å². The molecule has 28 heavy (non-hydrogen) atoms. The zero-order chi connectivity index (χ0) is 19.1. The van der Waals surface area contributed by atoms with E-state index < -0.39 is 0 Å². The van der Waals surface area contributed by atoms with Crippen molar-refractivity contribution in [2.75, 3.05) is 19.7 Å². The van der Waals surface area contributed by atoms with Crippen molar-refractivity contribution in [1.82, 2.24) is 14.5 Å². The fourth-order valence-electron chi connectivity index (χ4n) is 5.90. The summed E-state index contributed by atoms with van der Waals surface area (Å²) >= 11 is 0. The highest BCUT2D eigenvalue weighted by Crippen LogP contribution is 2.40. The zero-order valence-corrected chi connectivity index (χ0v) is 17.1. The van der Waals surface area contributed by atoms with E-state index in [2.05, 4.69) is 28.9 Å². The van der Waals surface area contributed by atoms with Crippen LogP contribution in [0.1, 0.15) is 69.4 Å². The predicted molar refractivity (Wildman–Crippen MR) is 112 cm³/mol. The second-order valence-electron chi connectivity index (χ2n) is 9.31. The summed E-state index contributed by atoms with van der Waals surface area (Å²) in [5.74, 6) is 0. The molecule has 0 unspecified atom stereocenters. The van der Waals surface area contributed by atoms with Gasteiger partial charge >= 0.3 is 5.69 Å². The van der Waals surface area contributed by atoms with Crippen LogP contribution in [0, 0.1) is 6.92 Å². The number of aryl methyl sites for hydroxylation is 1. The third-order valence-corrected chi connectivity index (χ3v) is 7.56. The fourth-order valence-corrected chi connectivity index (χ4v) is 5.90. The van der Waals surface area contributed by atoms with Crippen LogP contribution in [0.3, 0.4) is 0 Å². The van der Waals surface area contributed by atoms with Crippen LogP contribution in [0.15, 0.2) is 23.0 Å². The van der Waals surface area contributed by atoms with Gasteiger partial charge in [-0.1, -0.05) is 6.07 Å². The lowest BCUT2D eigenvalue weighted by Crippen LogP contribution is -2.48. The van der Waals surface area contributed by atoms with Gasteiger partial charge in [0.2, 0.25) is 0 Å². The number of piperidine rings is 1. The van der Waals surface area contributed by atoms with Crippen LogP contribution in [0.2, 0.25) is 0 Å². The third kappa shape index (κ3) is 3.33. The van der Waals surface area contributed by atoms with Gasteiger partial charge in [0.25, 0.3) is 0 Å². The van der Waals surface area contributed by atoms with Crippen molar-refractivity contribution in [2.45, 2.75) is 82.4 Å². The number of hydrogen-bond donors (Lipinski definition) is 1. The summed E-state index contributed by atoms with van der Waals surface area (Å²) < 4.78 is 8.23. The second-order valence-corrected chi connectivity index (χ2v) is 9.31. The Kier molecular flexibility index (Phi) is 4.84. The van der Waals surface area contributed by atoms with Gasteiger partial charge in [0.1, 0.15) is 0 Å². The molecule has 2 aliphatic heterocycles. The van der Waals surface area contributed by atoms with Gasteiger partial charge in [0, 0.05) is 31.8 Å². The first-order valence-corrected chi connectivity index (χ1v) is 11.2. The molecule has 5 nitrogen and oxygen atoms in total. The van der Waals surface area contributed by atoms with E-state index in [4.69, 9.17) is 4.74 Å².